The van der Waals surface area contributed by atoms with Gasteiger partial charge in [-0.05, 0) is 38.8 Å². The summed E-state index contributed by atoms with van der Waals surface area (Å²) in [6.45, 7) is 4.03. The molecule has 1 aliphatic rings. The standard InChI is InChI=1S/C16H17ClN2O3S2/c1-8-3-4-10(16(21)22)7-19(8)15(20)13-9(2)18-14(24-13)11-5-6-12(17)23-11/h5-6,8,10H,3-4,7H2,1-2H3,(H,21,22). The van der Waals surface area contributed by atoms with Gasteiger partial charge in [0, 0.05) is 12.6 Å². The number of likely N-dealkylation sites (tertiary alicyclic amines) is 1. The van der Waals surface area contributed by atoms with Crippen molar-refractivity contribution < 1.29 is 14.7 Å². The summed E-state index contributed by atoms with van der Waals surface area (Å²) in [6, 6.07) is 3.74. The van der Waals surface area contributed by atoms with E-state index in [1.807, 2.05) is 26.0 Å². The van der Waals surface area contributed by atoms with Crippen molar-refractivity contribution in [3.05, 3.63) is 27.0 Å². The van der Waals surface area contributed by atoms with Crippen molar-refractivity contribution in [2.45, 2.75) is 32.7 Å². The van der Waals surface area contributed by atoms with E-state index in [2.05, 4.69) is 4.98 Å². The van der Waals surface area contributed by atoms with Crippen LogP contribution in [-0.2, 0) is 4.79 Å². The van der Waals surface area contributed by atoms with E-state index in [1.54, 1.807) is 4.90 Å². The van der Waals surface area contributed by atoms with Gasteiger partial charge < -0.3 is 10.0 Å². The summed E-state index contributed by atoms with van der Waals surface area (Å²) in [4.78, 5) is 31.9. The normalized spacial score (nSPS) is 21.0. The Hall–Kier alpha value is -1.44. The van der Waals surface area contributed by atoms with Crippen LogP contribution in [0.15, 0.2) is 12.1 Å². The number of piperidine rings is 1. The number of aliphatic carboxylic acids is 1. The minimum Gasteiger partial charge on any atom is -0.481 e. The molecule has 2 atom stereocenters. The molecule has 1 fully saturated rings. The molecular weight excluding hydrogens is 368 g/mol. The molecule has 5 nitrogen and oxygen atoms in total. The maximum Gasteiger partial charge on any atom is 0.308 e. The number of carboxylic acids is 1. The molecule has 3 heterocycles. The second kappa shape index (κ2) is 6.82. The van der Waals surface area contributed by atoms with Crippen LogP contribution in [0.4, 0.5) is 0 Å². The number of halogens is 1. The first-order chi connectivity index (χ1) is 11.4. The molecule has 0 spiro atoms. The molecule has 1 aliphatic heterocycles. The van der Waals surface area contributed by atoms with E-state index in [9.17, 15) is 14.7 Å². The Balaban J connectivity index is 1.86. The number of thiazole rings is 1. The molecule has 1 saturated heterocycles. The number of hydrogen-bond donors (Lipinski definition) is 1. The van der Waals surface area contributed by atoms with E-state index >= 15 is 0 Å². The summed E-state index contributed by atoms with van der Waals surface area (Å²) >= 11 is 8.74. The number of thiophene rings is 1. The third-order valence-corrected chi connectivity index (χ3v) is 6.81. The number of hydrogen-bond acceptors (Lipinski definition) is 5. The van der Waals surface area contributed by atoms with E-state index in [-0.39, 0.29) is 18.5 Å². The predicted molar refractivity (Wildman–Crippen MR) is 96.0 cm³/mol. The first-order valence-electron chi connectivity index (χ1n) is 7.63. The number of aryl methyl sites for hydroxylation is 1. The zero-order chi connectivity index (χ0) is 17.4. The molecule has 1 N–H and O–H groups in total. The molecule has 128 valence electrons. The van der Waals surface area contributed by atoms with Crippen LogP contribution in [0.3, 0.4) is 0 Å². The van der Waals surface area contributed by atoms with Crippen molar-refractivity contribution in [3.8, 4) is 9.88 Å². The summed E-state index contributed by atoms with van der Waals surface area (Å²) in [5.41, 5.74) is 0.675. The van der Waals surface area contributed by atoms with E-state index in [1.165, 1.54) is 22.7 Å². The lowest BCUT2D eigenvalue weighted by molar-refractivity contribution is -0.143. The molecule has 0 bridgehead atoms. The van der Waals surface area contributed by atoms with Crippen LogP contribution in [0, 0.1) is 12.8 Å². The van der Waals surface area contributed by atoms with Gasteiger partial charge in [-0.3, -0.25) is 9.59 Å². The smallest absolute Gasteiger partial charge is 0.308 e. The van der Waals surface area contributed by atoms with E-state index < -0.39 is 11.9 Å². The lowest BCUT2D eigenvalue weighted by Gasteiger charge is -2.36. The average Bonchev–Trinajstić information content (AvgIpc) is 3.12. The fourth-order valence-electron chi connectivity index (χ4n) is 2.85. The number of rotatable bonds is 3. The summed E-state index contributed by atoms with van der Waals surface area (Å²) < 4.78 is 0.680. The summed E-state index contributed by atoms with van der Waals surface area (Å²) in [5.74, 6) is -1.46. The molecule has 2 aromatic heterocycles. The lowest BCUT2D eigenvalue weighted by Crippen LogP contribution is -2.47. The van der Waals surface area contributed by atoms with Crippen molar-refractivity contribution in [1.82, 2.24) is 9.88 Å². The Morgan fingerprint density at radius 3 is 2.71 bits per heavy atom. The van der Waals surface area contributed by atoms with Gasteiger partial charge in [0.1, 0.15) is 9.88 Å². The van der Waals surface area contributed by atoms with Crippen LogP contribution in [0.2, 0.25) is 4.34 Å². The van der Waals surface area contributed by atoms with Crippen LogP contribution < -0.4 is 0 Å². The summed E-state index contributed by atoms with van der Waals surface area (Å²) in [7, 11) is 0. The Bertz CT molecular complexity index is 786. The Morgan fingerprint density at radius 2 is 2.08 bits per heavy atom. The fraction of sp³-hybridized carbons (Fsp3) is 0.438. The van der Waals surface area contributed by atoms with Gasteiger partial charge in [0.05, 0.1) is 20.8 Å². The molecule has 24 heavy (non-hydrogen) atoms. The molecule has 8 heteroatoms. The van der Waals surface area contributed by atoms with Gasteiger partial charge in [-0.15, -0.1) is 22.7 Å². The number of nitrogens with zero attached hydrogens (tertiary/aromatic N) is 2. The van der Waals surface area contributed by atoms with Gasteiger partial charge in [-0.1, -0.05) is 11.6 Å². The quantitative estimate of drug-likeness (QED) is 0.862. The van der Waals surface area contributed by atoms with Crippen LogP contribution in [0.25, 0.3) is 9.88 Å². The molecular formula is C16H17ClN2O3S2. The molecule has 1 amide bonds. The number of amides is 1. The second-order valence-corrected chi connectivity index (χ2v) is 8.67. The molecule has 0 saturated carbocycles. The molecule has 0 aromatic carbocycles. The minimum absolute atomic E-state index is 0.0363. The van der Waals surface area contributed by atoms with Crippen molar-refractivity contribution in [1.29, 1.82) is 0 Å². The zero-order valence-electron chi connectivity index (χ0n) is 13.3. The highest BCUT2D eigenvalue weighted by Crippen LogP contribution is 2.36. The second-order valence-electron chi connectivity index (χ2n) is 5.96. The van der Waals surface area contributed by atoms with Crippen molar-refractivity contribution in [2.24, 2.45) is 5.92 Å². The Kier molecular flexibility index (Phi) is 4.94. The monoisotopic (exact) mass is 384 g/mol. The van der Waals surface area contributed by atoms with Gasteiger partial charge in [-0.25, -0.2) is 4.98 Å². The van der Waals surface area contributed by atoms with E-state index in [0.29, 0.717) is 27.7 Å². The van der Waals surface area contributed by atoms with Crippen LogP contribution >= 0.6 is 34.3 Å². The number of aromatic nitrogens is 1. The Morgan fingerprint density at radius 1 is 1.33 bits per heavy atom. The Labute approximate surface area is 152 Å². The van der Waals surface area contributed by atoms with Crippen molar-refractivity contribution in [3.63, 3.8) is 0 Å². The summed E-state index contributed by atoms with van der Waals surface area (Å²) in [5, 5.41) is 10.0. The molecule has 3 rings (SSSR count). The van der Waals surface area contributed by atoms with Crippen molar-refractivity contribution >= 4 is 46.2 Å². The van der Waals surface area contributed by atoms with Crippen LogP contribution in [-0.4, -0.2) is 39.5 Å². The topological polar surface area (TPSA) is 70.5 Å². The van der Waals surface area contributed by atoms with Crippen LogP contribution in [0.1, 0.15) is 35.1 Å². The highest BCUT2D eigenvalue weighted by molar-refractivity contribution is 7.24. The van der Waals surface area contributed by atoms with Gasteiger partial charge >= 0.3 is 5.97 Å². The number of carbonyl (C=O) groups is 2. The molecule has 2 unspecified atom stereocenters. The average molecular weight is 385 g/mol. The van der Waals surface area contributed by atoms with E-state index in [0.717, 1.165) is 9.88 Å². The zero-order valence-corrected chi connectivity index (χ0v) is 15.7. The first kappa shape index (κ1) is 17.4. The van der Waals surface area contributed by atoms with Gasteiger partial charge in [-0.2, -0.15) is 0 Å². The minimum atomic E-state index is -0.838. The third kappa shape index (κ3) is 3.34. The van der Waals surface area contributed by atoms with Gasteiger partial charge in [0.2, 0.25) is 0 Å². The van der Waals surface area contributed by atoms with Crippen LogP contribution in [0.5, 0.6) is 0 Å². The SMILES string of the molecule is Cc1nc(-c2ccc(Cl)s2)sc1C(=O)N1CC(C(=O)O)CCC1C. The largest absolute Gasteiger partial charge is 0.481 e. The molecule has 0 radical (unpaired) electrons. The number of carbonyl (C=O) groups excluding carboxylic acids is 1. The summed E-state index contributed by atoms with van der Waals surface area (Å²) in [6.07, 6.45) is 1.31. The highest BCUT2D eigenvalue weighted by Gasteiger charge is 2.34. The highest BCUT2D eigenvalue weighted by atomic mass is 35.5. The van der Waals surface area contributed by atoms with E-state index in [4.69, 9.17) is 11.6 Å². The van der Waals surface area contributed by atoms with Gasteiger partial charge in [0.25, 0.3) is 5.91 Å². The first-order valence-corrected chi connectivity index (χ1v) is 9.64. The lowest BCUT2D eigenvalue weighted by atomic mass is 9.93. The molecule has 0 aliphatic carbocycles. The van der Waals surface area contributed by atoms with Crippen molar-refractivity contribution in [2.75, 3.05) is 6.54 Å². The number of carboxylic acid groups (broad SMARTS) is 1. The maximum absolute atomic E-state index is 12.9. The van der Waals surface area contributed by atoms with Gasteiger partial charge in [0.15, 0.2) is 0 Å². The third-order valence-electron chi connectivity index (χ3n) is 4.27. The predicted octanol–water partition coefficient (Wildman–Crippen LogP) is 4.16. The fourth-order valence-corrected chi connectivity index (χ4v) is 4.97. The maximum atomic E-state index is 12.9. The molecule has 2 aromatic rings.